The maximum atomic E-state index is 13.0. The largest absolute Gasteiger partial charge is 0.480 e. The average Bonchev–Trinajstić information content (AvgIpc) is 2.71. The maximum Gasteiger partial charge on any atom is 0.323 e. The Morgan fingerprint density at radius 3 is 2.55 bits per heavy atom. The molecular formula is C22H21ClN4O4. The van der Waals surface area contributed by atoms with Gasteiger partial charge >= 0.3 is 5.97 Å². The lowest BCUT2D eigenvalue weighted by Gasteiger charge is -2.16. The lowest BCUT2D eigenvalue weighted by molar-refractivity contribution is -0.137. The molecule has 8 nitrogen and oxygen atoms in total. The molecule has 2 aromatic carbocycles. The van der Waals surface area contributed by atoms with E-state index in [4.69, 9.17) is 11.6 Å². The molecule has 1 amide bonds. The summed E-state index contributed by atoms with van der Waals surface area (Å²) in [7, 11) is 0. The SMILES string of the molecule is CC(=O)Nc1cccc(-c2c(Cl)nc(NCCc3ccccc3)c(=O)n2CC(=O)O)c1. The second-order valence-corrected chi connectivity index (χ2v) is 7.17. The monoisotopic (exact) mass is 440 g/mol. The average molecular weight is 441 g/mol. The van der Waals surface area contributed by atoms with Gasteiger partial charge in [-0.3, -0.25) is 19.0 Å². The van der Waals surface area contributed by atoms with Crippen molar-refractivity contribution in [2.45, 2.75) is 19.9 Å². The van der Waals surface area contributed by atoms with E-state index in [0.29, 0.717) is 24.2 Å². The van der Waals surface area contributed by atoms with E-state index in [1.165, 1.54) is 6.92 Å². The standard InChI is InChI=1S/C22H21ClN4O4/c1-14(28)25-17-9-5-8-16(12-17)19-20(23)26-21(22(31)27(19)13-18(29)30)24-11-10-15-6-3-2-4-7-15/h2-9,12H,10-11,13H2,1H3,(H,24,26)(H,25,28)(H,29,30). The van der Waals surface area contributed by atoms with Crippen molar-refractivity contribution in [3.05, 3.63) is 75.7 Å². The zero-order valence-electron chi connectivity index (χ0n) is 16.8. The predicted octanol–water partition coefficient (Wildman–Crippen LogP) is 3.26. The van der Waals surface area contributed by atoms with Crippen LogP contribution in [-0.2, 0) is 22.6 Å². The van der Waals surface area contributed by atoms with Crippen molar-refractivity contribution in [2.75, 3.05) is 17.2 Å². The molecule has 0 radical (unpaired) electrons. The first-order chi connectivity index (χ1) is 14.8. The van der Waals surface area contributed by atoms with Crippen LogP contribution in [-0.4, -0.2) is 33.1 Å². The van der Waals surface area contributed by atoms with Gasteiger partial charge in [0.15, 0.2) is 11.0 Å². The number of hydrogen-bond donors (Lipinski definition) is 3. The Morgan fingerprint density at radius 1 is 1.13 bits per heavy atom. The molecule has 1 aromatic heterocycles. The van der Waals surface area contributed by atoms with Crippen molar-refractivity contribution < 1.29 is 14.7 Å². The van der Waals surface area contributed by atoms with Gasteiger partial charge < -0.3 is 15.7 Å². The Balaban J connectivity index is 1.96. The van der Waals surface area contributed by atoms with Gasteiger partial charge in [0.2, 0.25) is 5.91 Å². The molecule has 0 bridgehead atoms. The number of carbonyl (C=O) groups is 2. The third-order valence-electron chi connectivity index (χ3n) is 4.42. The first-order valence-corrected chi connectivity index (χ1v) is 9.91. The Bertz CT molecular complexity index is 1160. The Hall–Kier alpha value is -3.65. The van der Waals surface area contributed by atoms with E-state index in [0.717, 1.165) is 10.1 Å². The van der Waals surface area contributed by atoms with E-state index in [1.807, 2.05) is 30.3 Å². The number of carboxylic acid groups (broad SMARTS) is 1. The fourth-order valence-electron chi connectivity index (χ4n) is 3.13. The summed E-state index contributed by atoms with van der Waals surface area (Å²) in [5.74, 6) is -1.48. The highest BCUT2D eigenvalue weighted by Crippen LogP contribution is 2.28. The third kappa shape index (κ3) is 5.70. The van der Waals surface area contributed by atoms with Crippen LogP contribution in [0.2, 0.25) is 5.15 Å². The topological polar surface area (TPSA) is 113 Å². The first-order valence-electron chi connectivity index (χ1n) is 9.53. The molecule has 0 saturated heterocycles. The minimum absolute atomic E-state index is 0.0241. The molecule has 0 aliphatic heterocycles. The quantitative estimate of drug-likeness (QED) is 0.495. The summed E-state index contributed by atoms with van der Waals surface area (Å²) in [6.45, 7) is 1.21. The van der Waals surface area contributed by atoms with Crippen LogP contribution in [0.5, 0.6) is 0 Å². The normalized spacial score (nSPS) is 10.5. The number of amides is 1. The zero-order valence-corrected chi connectivity index (χ0v) is 17.5. The van der Waals surface area contributed by atoms with Crippen molar-refractivity contribution in [2.24, 2.45) is 0 Å². The van der Waals surface area contributed by atoms with Gasteiger partial charge in [0.05, 0.1) is 5.69 Å². The van der Waals surface area contributed by atoms with Crippen LogP contribution in [0.15, 0.2) is 59.4 Å². The zero-order chi connectivity index (χ0) is 22.4. The fraction of sp³-hybridized carbons (Fsp3) is 0.182. The summed E-state index contributed by atoms with van der Waals surface area (Å²) < 4.78 is 1.06. The van der Waals surface area contributed by atoms with E-state index >= 15 is 0 Å². The van der Waals surface area contributed by atoms with Crippen LogP contribution in [0, 0.1) is 0 Å². The molecule has 160 valence electrons. The van der Waals surface area contributed by atoms with Gasteiger partial charge in [-0.2, -0.15) is 0 Å². The molecule has 0 aliphatic carbocycles. The van der Waals surface area contributed by atoms with E-state index in [1.54, 1.807) is 24.3 Å². The highest BCUT2D eigenvalue weighted by molar-refractivity contribution is 6.32. The van der Waals surface area contributed by atoms with Gasteiger partial charge in [-0.25, -0.2) is 4.98 Å². The summed E-state index contributed by atoms with van der Waals surface area (Å²) >= 11 is 6.39. The molecule has 0 saturated carbocycles. The number of nitrogens with zero attached hydrogens (tertiary/aromatic N) is 2. The number of carboxylic acids is 1. The molecular weight excluding hydrogens is 420 g/mol. The van der Waals surface area contributed by atoms with E-state index in [2.05, 4.69) is 15.6 Å². The Labute approximate surface area is 183 Å². The number of carbonyl (C=O) groups excluding carboxylic acids is 1. The Kier molecular flexibility index (Phi) is 7.04. The molecule has 0 aliphatic rings. The number of aromatic nitrogens is 2. The highest BCUT2D eigenvalue weighted by Gasteiger charge is 2.19. The van der Waals surface area contributed by atoms with E-state index < -0.39 is 18.1 Å². The van der Waals surface area contributed by atoms with Gasteiger partial charge in [0, 0.05) is 24.7 Å². The molecule has 3 aromatic rings. The summed E-state index contributed by atoms with van der Waals surface area (Å²) in [5, 5.41) is 14.9. The summed E-state index contributed by atoms with van der Waals surface area (Å²) in [6, 6.07) is 16.3. The van der Waals surface area contributed by atoms with Crippen molar-refractivity contribution >= 4 is 35.0 Å². The minimum atomic E-state index is -1.20. The molecule has 0 unspecified atom stereocenters. The van der Waals surface area contributed by atoms with Crippen LogP contribution in [0.1, 0.15) is 12.5 Å². The van der Waals surface area contributed by atoms with Crippen LogP contribution in [0.25, 0.3) is 11.3 Å². The molecule has 0 spiro atoms. The number of nitrogens with one attached hydrogen (secondary N) is 2. The summed E-state index contributed by atoms with van der Waals surface area (Å²) in [6.07, 6.45) is 0.652. The lowest BCUT2D eigenvalue weighted by Crippen LogP contribution is -2.30. The maximum absolute atomic E-state index is 13.0. The number of hydrogen-bond acceptors (Lipinski definition) is 5. The van der Waals surface area contributed by atoms with Crippen molar-refractivity contribution in [1.82, 2.24) is 9.55 Å². The second kappa shape index (κ2) is 9.90. The number of aliphatic carboxylic acids is 1. The number of halogens is 1. The van der Waals surface area contributed by atoms with Gasteiger partial charge in [0.25, 0.3) is 5.56 Å². The molecule has 0 atom stereocenters. The number of rotatable bonds is 8. The molecule has 0 fully saturated rings. The number of anilines is 2. The predicted molar refractivity (Wildman–Crippen MR) is 120 cm³/mol. The van der Waals surface area contributed by atoms with Crippen molar-refractivity contribution in [3.8, 4) is 11.3 Å². The van der Waals surface area contributed by atoms with Gasteiger partial charge in [-0.05, 0) is 24.1 Å². The van der Waals surface area contributed by atoms with Gasteiger partial charge in [0.1, 0.15) is 6.54 Å². The minimum Gasteiger partial charge on any atom is -0.480 e. The van der Waals surface area contributed by atoms with E-state index in [-0.39, 0.29) is 22.6 Å². The van der Waals surface area contributed by atoms with Crippen LogP contribution >= 0.6 is 11.6 Å². The molecule has 9 heteroatoms. The van der Waals surface area contributed by atoms with Crippen LogP contribution < -0.4 is 16.2 Å². The highest BCUT2D eigenvalue weighted by atomic mass is 35.5. The smallest absolute Gasteiger partial charge is 0.323 e. The first kappa shape index (κ1) is 22.0. The van der Waals surface area contributed by atoms with Crippen molar-refractivity contribution in [3.63, 3.8) is 0 Å². The molecule has 3 rings (SSSR count). The van der Waals surface area contributed by atoms with Gasteiger partial charge in [-0.15, -0.1) is 0 Å². The lowest BCUT2D eigenvalue weighted by atomic mass is 10.1. The third-order valence-corrected chi connectivity index (χ3v) is 4.69. The second-order valence-electron chi connectivity index (χ2n) is 6.81. The summed E-state index contributed by atoms with van der Waals surface area (Å²) in [4.78, 5) is 40.0. The Morgan fingerprint density at radius 2 is 1.87 bits per heavy atom. The van der Waals surface area contributed by atoms with Crippen molar-refractivity contribution in [1.29, 1.82) is 0 Å². The van der Waals surface area contributed by atoms with Crippen LogP contribution in [0.3, 0.4) is 0 Å². The summed E-state index contributed by atoms with van der Waals surface area (Å²) in [5.41, 5.74) is 1.59. The molecule has 1 heterocycles. The van der Waals surface area contributed by atoms with E-state index in [9.17, 15) is 19.5 Å². The van der Waals surface area contributed by atoms with Crippen LogP contribution in [0.4, 0.5) is 11.5 Å². The van der Waals surface area contributed by atoms with Gasteiger partial charge in [-0.1, -0.05) is 54.1 Å². The molecule has 31 heavy (non-hydrogen) atoms. The number of benzene rings is 2. The fourth-order valence-corrected chi connectivity index (χ4v) is 3.43. The molecule has 3 N–H and O–H groups in total.